The van der Waals surface area contributed by atoms with Crippen molar-refractivity contribution in [1.82, 2.24) is 4.98 Å². The van der Waals surface area contributed by atoms with E-state index in [4.69, 9.17) is 4.74 Å². The Labute approximate surface area is 128 Å². The van der Waals surface area contributed by atoms with Crippen LogP contribution in [0.4, 0.5) is 5.82 Å². The van der Waals surface area contributed by atoms with Crippen molar-refractivity contribution < 1.29 is 9.84 Å². The van der Waals surface area contributed by atoms with Gasteiger partial charge < -0.3 is 14.7 Å². The van der Waals surface area contributed by atoms with Gasteiger partial charge in [-0.2, -0.15) is 0 Å². The third kappa shape index (κ3) is 2.59. The predicted molar refractivity (Wildman–Crippen MR) is 82.0 cm³/mol. The molecule has 20 heavy (non-hydrogen) atoms. The zero-order valence-corrected chi connectivity index (χ0v) is 13.3. The zero-order chi connectivity index (χ0) is 14.1. The summed E-state index contributed by atoms with van der Waals surface area (Å²) < 4.78 is 6.65. The van der Waals surface area contributed by atoms with Crippen molar-refractivity contribution in [3.63, 3.8) is 0 Å². The van der Waals surface area contributed by atoms with Crippen LogP contribution in [0.3, 0.4) is 0 Å². The molecule has 0 radical (unpaired) electrons. The molecule has 2 aliphatic rings. The first kappa shape index (κ1) is 14.3. The molecule has 110 valence electrons. The minimum atomic E-state index is -0.252. The maximum atomic E-state index is 10.3. The van der Waals surface area contributed by atoms with Crippen molar-refractivity contribution >= 4 is 21.7 Å². The fourth-order valence-corrected chi connectivity index (χ4v) is 3.81. The maximum absolute atomic E-state index is 10.3. The van der Waals surface area contributed by atoms with E-state index in [-0.39, 0.29) is 12.0 Å². The van der Waals surface area contributed by atoms with Gasteiger partial charge in [-0.05, 0) is 53.7 Å². The molecule has 0 bridgehead atoms. The number of halogens is 1. The highest BCUT2D eigenvalue weighted by Crippen LogP contribution is 2.36. The molecule has 0 unspecified atom stereocenters. The predicted octanol–water partition coefficient (Wildman–Crippen LogP) is 2.52. The minimum Gasteiger partial charge on any atom is -0.393 e. The minimum absolute atomic E-state index is 0.195. The summed E-state index contributed by atoms with van der Waals surface area (Å²) in [5.41, 5.74) is 1.20. The van der Waals surface area contributed by atoms with Gasteiger partial charge in [0.25, 0.3) is 0 Å². The summed E-state index contributed by atoms with van der Waals surface area (Å²) in [6.45, 7) is 4.42. The average molecular weight is 341 g/mol. The topological polar surface area (TPSA) is 45.6 Å². The number of ether oxygens (including phenoxy) is 1. The SMILES string of the molecule is Cc1ccnc(N2CCC[C@@H]2[C@H]2COCC[C@@H]2O)c1Br. The molecular weight excluding hydrogens is 320 g/mol. The van der Waals surface area contributed by atoms with Gasteiger partial charge in [0.05, 0.1) is 17.2 Å². The van der Waals surface area contributed by atoms with Crippen LogP contribution in [-0.2, 0) is 4.74 Å². The molecule has 4 nitrogen and oxygen atoms in total. The van der Waals surface area contributed by atoms with E-state index in [1.165, 1.54) is 5.56 Å². The lowest BCUT2D eigenvalue weighted by Gasteiger charge is -2.37. The van der Waals surface area contributed by atoms with E-state index >= 15 is 0 Å². The van der Waals surface area contributed by atoms with E-state index in [9.17, 15) is 5.11 Å². The van der Waals surface area contributed by atoms with Crippen molar-refractivity contribution in [3.05, 3.63) is 22.3 Å². The molecule has 1 aromatic rings. The van der Waals surface area contributed by atoms with E-state index in [1.807, 2.05) is 12.3 Å². The smallest absolute Gasteiger partial charge is 0.143 e. The van der Waals surface area contributed by atoms with Gasteiger partial charge in [0.15, 0.2) is 0 Å². The lowest BCUT2D eigenvalue weighted by molar-refractivity contribution is -0.0438. The van der Waals surface area contributed by atoms with Gasteiger partial charge in [-0.25, -0.2) is 4.98 Å². The fraction of sp³-hybridized carbons (Fsp3) is 0.667. The molecule has 0 spiro atoms. The first-order valence-electron chi connectivity index (χ1n) is 7.32. The summed E-state index contributed by atoms with van der Waals surface area (Å²) in [4.78, 5) is 6.89. The van der Waals surface area contributed by atoms with Gasteiger partial charge in [0.1, 0.15) is 5.82 Å². The number of aryl methyl sites for hydroxylation is 1. The highest BCUT2D eigenvalue weighted by molar-refractivity contribution is 9.10. The van der Waals surface area contributed by atoms with Crippen LogP contribution in [0.15, 0.2) is 16.7 Å². The molecular formula is C15H21BrN2O2. The number of hydrogen-bond donors (Lipinski definition) is 1. The molecule has 0 aliphatic carbocycles. The number of aromatic nitrogens is 1. The Morgan fingerprint density at radius 2 is 2.30 bits per heavy atom. The van der Waals surface area contributed by atoms with Gasteiger partial charge in [-0.1, -0.05) is 0 Å². The lowest BCUT2D eigenvalue weighted by atomic mass is 9.89. The molecule has 1 aromatic heterocycles. The van der Waals surface area contributed by atoms with Gasteiger partial charge in [0.2, 0.25) is 0 Å². The lowest BCUT2D eigenvalue weighted by Crippen LogP contribution is -2.46. The van der Waals surface area contributed by atoms with Crippen LogP contribution in [-0.4, -0.2) is 42.0 Å². The van der Waals surface area contributed by atoms with Gasteiger partial charge in [-0.15, -0.1) is 0 Å². The van der Waals surface area contributed by atoms with E-state index in [0.29, 0.717) is 19.3 Å². The molecule has 3 heterocycles. The second-order valence-corrected chi connectivity index (χ2v) is 6.56. The molecule has 5 heteroatoms. The summed E-state index contributed by atoms with van der Waals surface area (Å²) in [5, 5.41) is 10.3. The quantitative estimate of drug-likeness (QED) is 0.898. The summed E-state index contributed by atoms with van der Waals surface area (Å²) in [6.07, 6.45) is 4.61. The molecule has 2 fully saturated rings. The second-order valence-electron chi connectivity index (χ2n) is 5.76. The molecule has 2 saturated heterocycles. The molecule has 2 aliphatic heterocycles. The van der Waals surface area contributed by atoms with Crippen LogP contribution in [0.1, 0.15) is 24.8 Å². The van der Waals surface area contributed by atoms with Crippen molar-refractivity contribution in [1.29, 1.82) is 0 Å². The van der Waals surface area contributed by atoms with E-state index in [2.05, 4.69) is 32.7 Å². The van der Waals surface area contributed by atoms with Crippen LogP contribution in [0.5, 0.6) is 0 Å². The van der Waals surface area contributed by atoms with Crippen molar-refractivity contribution in [2.75, 3.05) is 24.7 Å². The largest absolute Gasteiger partial charge is 0.393 e. The molecule has 3 rings (SSSR count). The van der Waals surface area contributed by atoms with Crippen LogP contribution >= 0.6 is 15.9 Å². The van der Waals surface area contributed by atoms with Crippen molar-refractivity contribution in [3.8, 4) is 0 Å². The Kier molecular flexibility index (Phi) is 4.29. The second kappa shape index (κ2) is 6.00. The standard InChI is InChI=1S/C15H21BrN2O2/c1-10-4-6-17-15(14(10)16)18-7-2-3-12(18)11-9-20-8-5-13(11)19/h4,6,11-13,19H,2-3,5,7-9H2,1H3/t11-,12-,13+/m1/s1. The number of aliphatic hydroxyl groups is 1. The van der Waals surface area contributed by atoms with Crippen molar-refractivity contribution in [2.24, 2.45) is 5.92 Å². The highest BCUT2D eigenvalue weighted by Gasteiger charge is 2.38. The Hall–Kier alpha value is -0.650. The van der Waals surface area contributed by atoms with Gasteiger partial charge in [-0.3, -0.25) is 0 Å². The normalized spacial score (nSPS) is 30.8. The van der Waals surface area contributed by atoms with E-state index in [0.717, 1.165) is 36.1 Å². The van der Waals surface area contributed by atoms with E-state index in [1.54, 1.807) is 0 Å². The molecule has 1 N–H and O–H groups in total. The number of anilines is 1. The molecule has 0 amide bonds. The van der Waals surface area contributed by atoms with Crippen LogP contribution in [0.25, 0.3) is 0 Å². The first-order chi connectivity index (χ1) is 9.68. The van der Waals surface area contributed by atoms with Gasteiger partial charge >= 0.3 is 0 Å². The maximum Gasteiger partial charge on any atom is 0.143 e. The number of hydrogen-bond acceptors (Lipinski definition) is 4. The number of rotatable bonds is 2. The first-order valence-corrected chi connectivity index (χ1v) is 8.11. The number of pyridine rings is 1. The van der Waals surface area contributed by atoms with Crippen LogP contribution in [0.2, 0.25) is 0 Å². The molecule has 0 saturated carbocycles. The van der Waals surface area contributed by atoms with Crippen LogP contribution in [0, 0.1) is 12.8 Å². The Morgan fingerprint density at radius 1 is 1.45 bits per heavy atom. The fourth-order valence-electron chi connectivity index (χ4n) is 3.34. The molecule has 0 aromatic carbocycles. The summed E-state index contributed by atoms with van der Waals surface area (Å²) >= 11 is 3.66. The summed E-state index contributed by atoms with van der Waals surface area (Å²) in [5.74, 6) is 1.20. The Morgan fingerprint density at radius 3 is 3.10 bits per heavy atom. The summed E-state index contributed by atoms with van der Waals surface area (Å²) in [6, 6.07) is 2.34. The van der Waals surface area contributed by atoms with Crippen molar-refractivity contribution in [2.45, 2.75) is 38.3 Å². The zero-order valence-electron chi connectivity index (χ0n) is 11.8. The highest BCUT2D eigenvalue weighted by atomic mass is 79.9. The number of nitrogens with zero attached hydrogens (tertiary/aromatic N) is 2. The van der Waals surface area contributed by atoms with Crippen LogP contribution < -0.4 is 4.90 Å². The number of aliphatic hydroxyl groups excluding tert-OH is 1. The molecule has 3 atom stereocenters. The Bertz CT molecular complexity index is 483. The Balaban J connectivity index is 1.86. The monoisotopic (exact) mass is 340 g/mol. The van der Waals surface area contributed by atoms with E-state index < -0.39 is 0 Å². The summed E-state index contributed by atoms with van der Waals surface area (Å²) in [7, 11) is 0. The average Bonchev–Trinajstić information content (AvgIpc) is 2.91. The van der Waals surface area contributed by atoms with Gasteiger partial charge in [0, 0.05) is 31.3 Å². The third-order valence-corrected chi connectivity index (χ3v) is 5.47. The third-order valence-electron chi connectivity index (χ3n) is 4.49.